The van der Waals surface area contributed by atoms with Crippen LogP contribution in [0.2, 0.25) is 0 Å². The van der Waals surface area contributed by atoms with E-state index in [9.17, 15) is 0 Å². The number of thioether (sulfide) groups is 2. The van der Waals surface area contributed by atoms with Gasteiger partial charge in [0.05, 0.1) is 0 Å². The Morgan fingerprint density at radius 1 is 0.472 bits per heavy atom. The number of aryl methyl sites for hydroxylation is 2. The summed E-state index contributed by atoms with van der Waals surface area (Å²) in [6, 6.07) is 43.6. The molecule has 0 aromatic heterocycles. The summed E-state index contributed by atoms with van der Waals surface area (Å²) < 4.78 is 0. The summed E-state index contributed by atoms with van der Waals surface area (Å²) >= 11 is 4.29. The first-order chi connectivity index (χ1) is 17.9. The van der Waals surface area contributed by atoms with Crippen molar-refractivity contribution in [2.75, 3.05) is 18.1 Å². The van der Waals surface area contributed by atoms with Gasteiger partial charge in [-0.3, -0.25) is 0 Å². The molecule has 0 saturated carbocycles. The second-order valence-corrected chi connectivity index (χ2v) is 11.8. The Balaban J connectivity index is 1.42. The molecule has 3 heteroatoms. The molecule has 0 aliphatic heterocycles. The first-order valence-electron chi connectivity index (χ1n) is 13.0. The monoisotopic (exact) mass is 511 g/mol. The minimum absolute atomic E-state index is 0.540. The van der Waals surface area contributed by atoms with E-state index < -0.39 is 0 Å². The van der Waals surface area contributed by atoms with Gasteiger partial charge in [0.1, 0.15) is 0 Å². The second kappa shape index (κ2) is 15.6. The van der Waals surface area contributed by atoms with Crippen molar-refractivity contribution in [1.29, 1.82) is 0 Å². The highest BCUT2D eigenvalue weighted by Crippen LogP contribution is 2.29. The van der Waals surface area contributed by atoms with Crippen molar-refractivity contribution in [1.82, 2.24) is 5.32 Å². The van der Waals surface area contributed by atoms with Gasteiger partial charge in [0.25, 0.3) is 0 Å². The largest absolute Gasteiger partial charge is 0.312 e. The molecule has 36 heavy (non-hydrogen) atoms. The van der Waals surface area contributed by atoms with Gasteiger partial charge in [-0.15, -0.1) is 0 Å². The molecule has 0 aliphatic rings. The highest BCUT2D eigenvalue weighted by Gasteiger charge is 2.23. The van der Waals surface area contributed by atoms with Gasteiger partial charge in [0, 0.05) is 23.6 Å². The molecule has 0 fully saturated rings. The van der Waals surface area contributed by atoms with E-state index in [1.54, 1.807) is 0 Å². The number of hydrogen-bond donors (Lipinski definition) is 1. The maximum absolute atomic E-state index is 3.79. The first kappa shape index (κ1) is 26.6. The lowest BCUT2D eigenvalue weighted by Gasteiger charge is -2.27. The van der Waals surface area contributed by atoms with E-state index in [1.807, 2.05) is 0 Å². The van der Waals surface area contributed by atoms with Crippen LogP contribution in [0.15, 0.2) is 121 Å². The predicted octanol–water partition coefficient (Wildman–Crippen LogP) is 7.71. The van der Waals surface area contributed by atoms with Gasteiger partial charge in [0.2, 0.25) is 0 Å². The quantitative estimate of drug-likeness (QED) is 0.176. The van der Waals surface area contributed by atoms with Crippen LogP contribution in [-0.4, -0.2) is 28.6 Å². The van der Waals surface area contributed by atoms with Crippen LogP contribution in [0.4, 0.5) is 0 Å². The Labute approximate surface area is 226 Å². The van der Waals surface area contributed by atoms with Gasteiger partial charge in [-0.1, -0.05) is 121 Å². The van der Waals surface area contributed by atoms with E-state index in [1.165, 1.54) is 22.3 Å². The summed E-state index contributed by atoms with van der Waals surface area (Å²) in [5, 5.41) is 4.89. The molecule has 0 amide bonds. The first-order valence-corrected chi connectivity index (χ1v) is 15.1. The van der Waals surface area contributed by atoms with Crippen molar-refractivity contribution in [3.05, 3.63) is 144 Å². The molecule has 0 saturated heterocycles. The predicted molar refractivity (Wildman–Crippen MR) is 161 cm³/mol. The van der Waals surface area contributed by atoms with Crippen molar-refractivity contribution in [3.63, 3.8) is 0 Å². The average molecular weight is 512 g/mol. The van der Waals surface area contributed by atoms with Crippen LogP contribution >= 0.6 is 23.5 Å². The van der Waals surface area contributed by atoms with Crippen LogP contribution < -0.4 is 5.32 Å². The second-order valence-electron chi connectivity index (χ2n) is 9.10. The lowest BCUT2D eigenvalue weighted by molar-refractivity contribution is 0.642. The molecule has 0 radical (unpaired) electrons. The Morgan fingerprint density at radius 2 is 0.889 bits per heavy atom. The fourth-order valence-corrected chi connectivity index (χ4v) is 7.29. The molecule has 1 N–H and O–H groups in total. The molecule has 0 bridgehead atoms. The summed E-state index contributed by atoms with van der Waals surface area (Å²) in [4.78, 5) is 0. The zero-order chi connectivity index (χ0) is 24.7. The fourth-order valence-electron chi connectivity index (χ4n) is 4.34. The van der Waals surface area contributed by atoms with Crippen molar-refractivity contribution in [2.24, 2.45) is 0 Å². The number of nitrogens with one attached hydrogen (secondary N) is 1. The zero-order valence-corrected chi connectivity index (χ0v) is 22.6. The maximum Gasteiger partial charge on any atom is 0.0294 e. The van der Waals surface area contributed by atoms with Gasteiger partial charge in [-0.25, -0.2) is 0 Å². The van der Waals surface area contributed by atoms with Crippen LogP contribution in [0.3, 0.4) is 0 Å². The van der Waals surface area contributed by atoms with Crippen LogP contribution in [0.25, 0.3) is 0 Å². The van der Waals surface area contributed by atoms with Gasteiger partial charge in [0.15, 0.2) is 0 Å². The molecule has 186 valence electrons. The molecule has 0 aliphatic carbocycles. The maximum atomic E-state index is 3.79. The third-order valence-corrected chi connectivity index (χ3v) is 9.24. The summed E-state index contributed by atoms with van der Waals surface area (Å²) in [5.74, 6) is 2.29. The minimum atomic E-state index is 0.540. The molecule has 0 heterocycles. The van der Waals surface area contributed by atoms with E-state index in [-0.39, 0.29) is 0 Å². The Morgan fingerprint density at radius 3 is 1.39 bits per heavy atom. The van der Waals surface area contributed by atoms with Crippen molar-refractivity contribution >= 4 is 23.5 Å². The van der Waals surface area contributed by atoms with E-state index in [0.29, 0.717) is 10.5 Å². The fraction of sp³-hybridized carbons (Fsp3) is 0.273. The van der Waals surface area contributed by atoms with Gasteiger partial charge in [-0.05, 0) is 53.0 Å². The van der Waals surface area contributed by atoms with Crippen LogP contribution in [0.1, 0.15) is 22.3 Å². The van der Waals surface area contributed by atoms with Gasteiger partial charge in [-0.2, -0.15) is 23.5 Å². The summed E-state index contributed by atoms with van der Waals surface area (Å²) in [5.41, 5.74) is 5.64. The van der Waals surface area contributed by atoms with Crippen molar-refractivity contribution in [2.45, 2.75) is 36.3 Å². The Bertz CT molecular complexity index is 1040. The zero-order valence-electron chi connectivity index (χ0n) is 21.0. The number of rotatable bonds is 15. The third-order valence-electron chi connectivity index (χ3n) is 6.34. The lowest BCUT2D eigenvalue weighted by Crippen LogP contribution is -2.34. The molecule has 1 nitrogen and oxygen atoms in total. The molecule has 4 aromatic carbocycles. The summed E-state index contributed by atoms with van der Waals surface area (Å²) in [6.45, 7) is 1.94. The summed E-state index contributed by atoms with van der Waals surface area (Å²) in [7, 11) is 0. The van der Waals surface area contributed by atoms with Crippen LogP contribution in [0, 0.1) is 0 Å². The molecule has 2 atom stereocenters. The number of benzene rings is 4. The van der Waals surface area contributed by atoms with Gasteiger partial charge < -0.3 is 5.32 Å². The molecule has 4 aromatic rings. The number of hydrogen-bond acceptors (Lipinski definition) is 3. The Hall–Kier alpha value is -2.46. The van der Waals surface area contributed by atoms with Crippen LogP contribution in [0.5, 0.6) is 0 Å². The van der Waals surface area contributed by atoms with E-state index in [2.05, 4.69) is 150 Å². The van der Waals surface area contributed by atoms with Crippen molar-refractivity contribution < 1.29 is 0 Å². The van der Waals surface area contributed by atoms with E-state index in [4.69, 9.17) is 0 Å². The van der Waals surface area contributed by atoms with Gasteiger partial charge >= 0.3 is 0 Å². The smallest absolute Gasteiger partial charge is 0.0294 e. The third kappa shape index (κ3) is 9.54. The normalized spacial score (nSPS) is 12.8. The summed E-state index contributed by atoms with van der Waals surface area (Å²) in [6.07, 6.45) is 3.35. The Kier molecular flexibility index (Phi) is 11.5. The van der Waals surface area contributed by atoms with Crippen molar-refractivity contribution in [3.8, 4) is 0 Å². The highest BCUT2D eigenvalue weighted by atomic mass is 32.2. The lowest BCUT2D eigenvalue weighted by atomic mass is 10.1. The standard InChI is InChI=1S/C33H37NS2/c1-5-13-28(14-6-1)21-23-35-32(25-30-17-9-3-10-18-30)33(27-34-26-31-19-11-4-12-20-31)36-24-22-29-15-7-2-8-16-29/h1-20,32-34H,21-27H2/t32-,33-/m0/s1. The van der Waals surface area contributed by atoms with E-state index in [0.717, 1.165) is 43.9 Å². The average Bonchev–Trinajstić information content (AvgIpc) is 2.94. The molecule has 0 unspecified atom stereocenters. The highest BCUT2D eigenvalue weighted by molar-refractivity contribution is 8.03. The van der Waals surface area contributed by atoms with E-state index >= 15 is 0 Å². The molecule has 0 spiro atoms. The van der Waals surface area contributed by atoms with Crippen LogP contribution in [-0.2, 0) is 25.8 Å². The topological polar surface area (TPSA) is 12.0 Å². The minimum Gasteiger partial charge on any atom is -0.312 e. The molecular formula is C33H37NS2. The molecular weight excluding hydrogens is 475 g/mol. The molecule has 4 rings (SSSR count). The SMILES string of the molecule is c1ccc(CCS[C@@H](CNCc2ccccc2)[C@H](Cc2ccccc2)SCCc2ccccc2)cc1.